The molecule has 0 radical (unpaired) electrons. The van der Waals surface area contributed by atoms with E-state index in [4.69, 9.17) is 9.97 Å². The number of benzene rings is 3. The first-order valence-corrected chi connectivity index (χ1v) is 15.5. The summed E-state index contributed by atoms with van der Waals surface area (Å²) in [7, 11) is 2.87. The molecular formula is C34H38N2P2. The zero-order valence-corrected chi connectivity index (χ0v) is 25.4. The maximum atomic E-state index is 5.24. The van der Waals surface area contributed by atoms with E-state index < -0.39 is 5.16 Å². The van der Waals surface area contributed by atoms with Gasteiger partial charge in [-0.05, 0) is 51.9 Å². The van der Waals surface area contributed by atoms with Gasteiger partial charge in [-0.2, -0.15) is 0 Å². The molecule has 5 aromatic rings. The van der Waals surface area contributed by atoms with Crippen LogP contribution in [0.15, 0.2) is 97.1 Å². The zero-order valence-electron chi connectivity index (χ0n) is 23.4. The summed E-state index contributed by atoms with van der Waals surface area (Å²) in [5.74, 6) is 0. The average Bonchev–Trinajstić information content (AvgIpc) is 2.89. The molecule has 38 heavy (non-hydrogen) atoms. The number of aromatic nitrogens is 2. The topological polar surface area (TPSA) is 25.8 Å². The molecule has 5 rings (SSSR count). The van der Waals surface area contributed by atoms with Gasteiger partial charge in [-0.1, -0.05) is 122 Å². The van der Waals surface area contributed by atoms with E-state index in [-0.39, 0.29) is 18.2 Å². The van der Waals surface area contributed by atoms with Crippen molar-refractivity contribution >= 4 is 39.0 Å². The molecule has 0 spiro atoms. The van der Waals surface area contributed by atoms with Crippen LogP contribution in [0.1, 0.15) is 64.1 Å². The minimum Gasteiger partial charge on any atom is -0.251 e. The third kappa shape index (κ3) is 5.14. The highest BCUT2D eigenvalue weighted by Gasteiger charge is 2.39. The van der Waals surface area contributed by atoms with E-state index in [1.54, 1.807) is 0 Å². The normalized spacial score (nSPS) is 12.9. The lowest BCUT2D eigenvalue weighted by Gasteiger charge is -2.43. The van der Waals surface area contributed by atoms with Crippen LogP contribution in [0.25, 0.3) is 21.8 Å². The van der Waals surface area contributed by atoms with Gasteiger partial charge in [0.05, 0.1) is 27.6 Å². The lowest BCUT2D eigenvalue weighted by Crippen LogP contribution is -2.29. The van der Waals surface area contributed by atoms with E-state index in [2.05, 4.69) is 148 Å². The summed E-state index contributed by atoms with van der Waals surface area (Å²) in [5, 5.41) is 2.15. The molecule has 0 saturated heterocycles. The summed E-state index contributed by atoms with van der Waals surface area (Å²) in [4.78, 5) is 10.5. The van der Waals surface area contributed by atoms with Gasteiger partial charge in [0, 0.05) is 10.8 Å². The van der Waals surface area contributed by atoms with Crippen LogP contribution in [0, 0.1) is 0 Å². The monoisotopic (exact) mass is 536 g/mol. The summed E-state index contributed by atoms with van der Waals surface area (Å²) in [5.41, 5.74) is 6.63. The molecule has 0 bridgehead atoms. The standard InChI is InChI=1S/C34H38N2P2/c1-32(2,3)38(33(4,5)6)23-26-15-7-10-16-27(26)34(37,30-21-19-24-13-8-11-17-28(24)35-30)31-22-20-25-14-9-12-18-29(25)36-31/h7-22H,23,37H2,1-6H3. The van der Waals surface area contributed by atoms with Gasteiger partial charge in [0.1, 0.15) is 0 Å². The van der Waals surface area contributed by atoms with Crippen LogP contribution in [-0.2, 0) is 11.3 Å². The second-order valence-electron chi connectivity index (χ2n) is 12.2. The largest absolute Gasteiger partial charge is 0.251 e. The highest BCUT2D eigenvalue weighted by Crippen LogP contribution is 2.62. The average molecular weight is 537 g/mol. The van der Waals surface area contributed by atoms with Crippen molar-refractivity contribution in [2.75, 3.05) is 0 Å². The van der Waals surface area contributed by atoms with E-state index in [9.17, 15) is 0 Å². The molecule has 1 atom stereocenters. The summed E-state index contributed by atoms with van der Waals surface area (Å²) >= 11 is 0. The number of fused-ring (bicyclic) bond motifs is 2. The highest BCUT2D eigenvalue weighted by atomic mass is 31.1. The van der Waals surface area contributed by atoms with E-state index in [0.717, 1.165) is 39.4 Å². The Balaban J connectivity index is 1.76. The predicted molar refractivity (Wildman–Crippen MR) is 170 cm³/mol. The molecule has 194 valence electrons. The number of pyridine rings is 2. The number of hydrogen-bond acceptors (Lipinski definition) is 2. The third-order valence-corrected chi connectivity index (χ3v) is 12.2. The quantitative estimate of drug-likeness (QED) is 0.209. The van der Waals surface area contributed by atoms with Gasteiger partial charge < -0.3 is 0 Å². The second kappa shape index (κ2) is 10.1. The van der Waals surface area contributed by atoms with Crippen molar-refractivity contribution in [3.05, 3.63) is 120 Å². The molecule has 0 aliphatic carbocycles. The Hall–Kier alpha value is -2.66. The van der Waals surface area contributed by atoms with Gasteiger partial charge in [-0.25, -0.2) is 0 Å². The predicted octanol–water partition coefficient (Wildman–Crippen LogP) is 9.53. The molecular weight excluding hydrogens is 498 g/mol. The van der Waals surface area contributed by atoms with Crippen LogP contribution in [0.2, 0.25) is 0 Å². The number of nitrogens with zero attached hydrogens (tertiary/aromatic N) is 2. The minimum absolute atomic E-state index is 0.229. The molecule has 3 aromatic carbocycles. The van der Waals surface area contributed by atoms with E-state index >= 15 is 0 Å². The van der Waals surface area contributed by atoms with E-state index in [1.165, 1.54) is 11.1 Å². The van der Waals surface area contributed by atoms with Crippen LogP contribution >= 0.6 is 17.2 Å². The van der Waals surface area contributed by atoms with Gasteiger partial charge in [-0.15, -0.1) is 9.24 Å². The fraction of sp³-hybridized carbons (Fsp3) is 0.294. The van der Waals surface area contributed by atoms with Crippen molar-refractivity contribution in [2.24, 2.45) is 0 Å². The zero-order chi connectivity index (χ0) is 27.1. The number of hydrogen-bond donors (Lipinski definition) is 0. The number of rotatable bonds is 5. The maximum Gasteiger partial charge on any atom is 0.0936 e. The molecule has 2 aromatic heterocycles. The first kappa shape index (κ1) is 26.9. The van der Waals surface area contributed by atoms with Crippen LogP contribution in [0.5, 0.6) is 0 Å². The highest BCUT2D eigenvalue weighted by molar-refractivity contribution is 7.60. The summed E-state index contributed by atoms with van der Waals surface area (Å²) in [6.45, 7) is 14.4. The molecule has 1 unspecified atom stereocenters. The summed E-state index contributed by atoms with van der Waals surface area (Å²) < 4.78 is 0. The van der Waals surface area contributed by atoms with Crippen molar-refractivity contribution < 1.29 is 0 Å². The first-order chi connectivity index (χ1) is 18.0. The summed E-state index contributed by atoms with van der Waals surface area (Å²) in [6.07, 6.45) is 1.05. The molecule has 0 N–H and O–H groups in total. The molecule has 2 heterocycles. The van der Waals surface area contributed by atoms with Gasteiger partial charge in [-0.3, -0.25) is 9.97 Å². The third-order valence-electron chi connectivity index (χ3n) is 7.40. The smallest absolute Gasteiger partial charge is 0.0936 e. The molecule has 0 saturated carbocycles. The van der Waals surface area contributed by atoms with Crippen molar-refractivity contribution in [2.45, 2.75) is 63.2 Å². The molecule has 0 fully saturated rings. The SMILES string of the molecule is CC(C)(C)P(Cc1ccccc1C(P)(c1ccc2ccccc2n1)c1ccc2ccccc2n1)C(C)(C)C. The second-order valence-corrected chi connectivity index (χ2v) is 16.9. The van der Waals surface area contributed by atoms with Gasteiger partial charge in [0.25, 0.3) is 0 Å². The van der Waals surface area contributed by atoms with Crippen molar-refractivity contribution in [1.82, 2.24) is 9.97 Å². The van der Waals surface area contributed by atoms with Gasteiger partial charge >= 0.3 is 0 Å². The maximum absolute atomic E-state index is 5.24. The lowest BCUT2D eigenvalue weighted by atomic mass is 9.86. The number of para-hydroxylation sites is 2. The Morgan fingerprint density at radius 3 is 1.53 bits per heavy atom. The van der Waals surface area contributed by atoms with Crippen LogP contribution in [-0.4, -0.2) is 20.3 Å². The van der Waals surface area contributed by atoms with Crippen molar-refractivity contribution in [1.29, 1.82) is 0 Å². The molecule has 0 amide bonds. The van der Waals surface area contributed by atoms with E-state index in [0.29, 0.717) is 0 Å². The van der Waals surface area contributed by atoms with Crippen molar-refractivity contribution in [3.63, 3.8) is 0 Å². The van der Waals surface area contributed by atoms with Crippen LogP contribution < -0.4 is 0 Å². The summed E-state index contributed by atoms with van der Waals surface area (Å²) in [6, 6.07) is 34.4. The Labute approximate surface area is 231 Å². The fourth-order valence-corrected chi connectivity index (χ4v) is 9.85. The van der Waals surface area contributed by atoms with Crippen LogP contribution in [0.4, 0.5) is 0 Å². The Bertz CT molecular complexity index is 1500. The fourth-order valence-electron chi connectivity index (χ4n) is 5.67. The Morgan fingerprint density at radius 2 is 1.03 bits per heavy atom. The minimum atomic E-state index is -0.596. The van der Waals surface area contributed by atoms with Crippen LogP contribution in [0.3, 0.4) is 0 Å². The van der Waals surface area contributed by atoms with Crippen molar-refractivity contribution in [3.8, 4) is 0 Å². The first-order valence-electron chi connectivity index (χ1n) is 13.4. The molecule has 0 aliphatic rings. The lowest BCUT2D eigenvalue weighted by molar-refractivity contribution is 0.701. The Kier molecular flexibility index (Phi) is 7.19. The van der Waals surface area contributed by atoms with E-state index in [1.807, 2.05) is 0 Å². The Morgan fingerprint density at radius 1 is 0.579 bits per heavy atom. The van der Waals surface area contributed by atoms with Gasteiger partial charge in [0.15, 0.2) is 0 Å². The molecule has 4 heteroatoms. The molecule has 2 nitrogen and oxygen atoms in total. The van der Waals surface area contributed by atoms with Gasteiger partial charge in [0.2, 0.25) is 0 Å². The molecule has 0 aliphatic heterocycles.